The smallest absolute Gasteiger partial charge is 0.260 e. The van der Waals surface area contributed by atoms with Crippen molar-refractivity contribution in [3.05, 3.63) is 59.9 Å². The van der Waals surface area contributed by atoms with Crippen LogP contribution < -0.4 is 5.43 Å². The number of carbonyl (C=O) groups excluding carboxylic acids is 1. The molecule has 2 aromatic carbocycles. The van der Waals surface area contributed by atoms with Crippen LogP contribution in [0.1, 0.15) is 31.2 Å². The molecule has 128 valence electrons. The fourth-order valence-electron chi connectivity index (χ4n) is 2.66. The Hall–Kier alpha value is -3.15. The maximum Gasteiger partial charge on any atom is 0.260 e. The molecular formula is C19H20N4O2. The number of imidazole rings is 1. The van der Waals surface area contributed by atoms with Gasteiger partial charge in [0.05, 0.1) is 17.2 Å². The van der Waals surface area contributed by atoms with Gasteiger partial charge in [0.2, 0.25) is 0 Å². The molecule has 0 spiro atoms. The minimum absolute atomic E-state index is 0.144. The van der Waals surface area contributed by atoms with Gasteiger partial charge < -0.3 is 9.67 Å². The number of phenolic OH excluding ortho intramolecular Hbond substituents is 1. The molecule has 1 amide bonds. The molecule has 0 atom stereocenters. The number of nitrogens with one attached hydrogen (secondary N) is 1. The van der Waals surface area contributed by atoms with E-state index in [1.807, 2.05) is 28.8 Å². The third-order valence-electron chi connectivity index (χ3n) is 3.78. The average Bonchev–Trinajstić information content (AvgIpc) is 2.94. The number of fused-ring (bicyclic) bond motifs is 1. The Bertz CT molecular complexity index is 928. The van der Waals surface area contributed by atoms with E-state index in [0.717, 1.165) is 16.9 Å². The molecule has 3 rings (SSSR count). The lowest BCUT2D eigenvalue weighted by molar-refractivity contribution is -0.121. The zero-order valence-corrected chi connectivity index (χ0v) is 14.2. The molecular weight excluding hydrogens is 316 g/mol. The number of amides is 1. The van der Waals surface area contributed by atoms with Crippen molar-refractivity contribution < 1.29 is 9.90 Å². The van der Waals surface area contributed by atoms with E-state index in [1.54, 1.807) is 24.3 Å². The van der Waals surface area contributed by atoms with Crippen molar-refractivity contribution in [3.8, 4) is 5.75 Å². The Morgan fingerprint density at radius 2 is 2.08 bits per heavy atom. The van der Waals surface area contributed by atoms with Crippen LogP contribution in [0.4, 0.5) is 0 Å². The quantitative estimate of drug-likeness (QED) is 0.555. The summed E-state index contributed by atoms with van der Waals surface area (Å²) < 4.78 is 1.92. The summed E-state index contributed by atoms with van der Waals surface area (Å²) in [5.74, 6) is 0.993. The molecule has 0 bridgehead atoms. The van der Waals surface area contributed by atoms with Crippen molar-refractivity contribution in [1.82, 2.24) is 15.0 Å². The van der Waals surface area contributed by atoms with Crippen LogP contribution in [0.25, 0.3) is 11.0 Å². The number of hydrogen-bond donors (Lipinski definition) is 2. The molecule has 1 heterocycles. The van der Waals surface area contributed by atoms with Crippen molar-refractivity contribution in [3.63, 3.8) is 0 Å². The van der Waals surface area contributed by atoms with Crippen LogP contribution in [0.15, 0.2) is 53.6 Å². The van der Waals surface area contributed by atoms with E-state index in [4.69, 9.17) is 0 Å². The third-order valence-corrected chi connectivity index (χ3v) is 3.78. The number of aromatic hydroxyl groups is 1. The Morgan fingerprint density at radius 3 is 2.84 bits per heavy atom. The van der Waals surface area contributed by atoms with Gasteiger partial charge in [-0.1, -0.05) is 38.1 Å². The first-order chi connectivity index (χ1) is 12.0. The summed E-state index contributed by atoms with van der Waals surface area (Å²) in [4.78, 5) is 16.9. The SMILES string of the molecule is CC(C)c1nc2ccccc2n1CC(=O)N/N=C/c1cccc(O)c1. The number of hydrogen-bond acceptors (Lipinski definition) is 4. The molecule has 6 heteroatoms. The van der Waals surface area contributed by atoms with Crippen LogP contribution >= 0.6 is 0 Å². The predicted molar refractivity (Wildman–Crippen MR) is 97.7 cm³/mol. The minimum Gasteiger partial charge on any atom is -0.508 e. The molecule has 25 heavy (non-hydrogen) atoms. The van der Waals surface area contributed by atoms with Crippen LogP contribution in [0.5, 0.6) is 5.75 Å². The van der Waals surface area contributed by atoms with E-state index in [9.17, 15) is 9.90 Å². The predicted octanol–water partition coefficient (Wildman–Crippen LogP) is 3.02. The molecule has 1 aromatic heterocycles. The Kier molecular flexibility index (Phi) is 4.79. The van der Waals surface area contributed by atoms with Gasteiger partial charge in [-0.3, -0.25) is 4.79 Å². The van der Waals surface area contributed by atoms with Crippen molar-refractivity contribution in [1.29, 1.82) is 0 Å². The first kappa shape index (κ1) is 16.7. The Morgan fingerprint density at radius 1 is 1.28 bits per heavy atom. The van der Waals surface area contributed by atoms with E-state index in [1.165, 1.54) is 6.21 Å². The molecule has 6 nitrogen and oxygen atoms in total. The number of nitrogens with zero attached hydrogens (tertiary/aromatic N) is 3. The zero-order valence-electron chi connectivity index (χ0n) is 14.2. The first-order valence-electron chi connectivity index (χ1n) is 8.10. The lowest BCUT2D eigenvalue weighted by atomic mass is 10.2. The summed E-state index contributed by atoms with van der Waals surface area (Å²) in [6.45, 7) is 4.25. The zero-order chi connectivity index (χ0) is 17.8. The van der Waals surface area contributed by atoms with Gasteiger partial charge in [-0.15, -0.1) is 0 Å². The van der Waals surface area contributed by atoms with Gasteiger partial charge in [-0.25, -0.2) is 10.4 Å². The van der Waals surface area contributed by atoms with Gasteiger partial charge in [0, 0.05) is 5.92 Å². The monoisotopic (exact) mass is 336 g/mol. The van der Waals surface area contributed by atoms with E-state index in [2.05, 4.69) is 29.4 Å². The molecule has 0 aliphatic rings. The molecule has 0 unspecified atom stereocenters. The fraction of sp³-hybridized carbons (Fsp3) is 0.211. The highest BCUT2D eigenvalue weighted by molar-refractivity contribution is 5.84. The molecule has 0 radical (unpaired) electrons. The topological polar surface area (TPSA) is 79.5 Å². The van der Waals surface area contributed by atoms with Gasteiger partial charge in [0.15, 0.2) is 0 Å². The normalized spacial score (nSPS) is 11.5. The second-order valence-electron chi connectivity index (χ2n) is 6.09. The Labute approximate surface area is 145 Å². The van der Waals surface area contributed by atoms with Crippen molar-refractivity contribution in [2.75, 3.05) is 0 Å². The van der Waals surface area contributed by atoms with Crippen LogP contribution in [-0.2, 0) is 11.3 Å². The van der Waals surface area contributed by atoms with Crippen molar-refractivity contribution in [2.24, 2.45) is 5.10 Å². The minimum atomic E-state index is -0.235. The highest BCUT2D eigenvalue weighted by Gasteiger charge is 2.15. The maximum atomic E-state index is 12.3. The van der Waals surface area contributed by atoms with Crippen molar-refractivity contribution in [2.45, 2.75) is 26.3 Å². The largest absolute Gasteiger partial charge is 0.508 e. The highest BCUT2D eigenvalue weighted by Crippen LogP contribution is 2.21. The second-order valence-corrected chi connectivity index (χ2v) is 6.09. The summed E-state index contributed by atoms with van der Waals surface area (Å²) in [5, 5.41) is 13.4. The summed E-state index contributed by atoms with van der Waals surface area (Å²) in [6.07, 6.45) is 1.49. The summed E-state index contributed by atoms with van der Waals surface area (Å²) >= 11 is 0. The molecule has 0 saturated carbocycles. The first-order valence-corrected chi connectivity index (χ1v) is 8.10. The number of rotatable bonds is 5. The molecule has 2 N–H and O–H groups in total. The molecule has 0 fully saturated rings. The van der Waals surface area contributed by atoms with E-state index < -0.39 is 0 Å². The van der Waals surface area contributed by atoms with Crippen LogP contribution in [0.3, 0.4) is 0 Å². The maximum absolute atomic E-state index is 12.3. The van der Waals surface area contributed by atoms with E-state index >= 15 is 0 Å². The van der Waals surface area contributed by atoms with Crippen LogP contribution in [0.2, 0.25) is 0 Å². The molecule has 3 aromatic rings. The summed E-state index contributed by atoms with van der Waals surface area (Å²) in [5.41, 5.74) is 5.03. The van der Waals surface area contributed by atoms with Gasteiger partial charge in [0.25, 0.3) is 5.91 Å². The third kappa shape index (κ3) is 3.85. The van der Waals surface area contributed by atoms with Crippen LogP contribution in [0, 0.1) is 0 Å². The highest BCUT2D eigenvalue weighted by atomic mass is 16.3. The number of hydrazone groups is 1. The number of aromatic nitrogens is 2. The molecule has 0 aliphatic carbocycles. The average molecular weight is 336 g/mol. The number of carbonyl (C=O) groups is 1. The van der Waals surface area contributed by atoms with Gasteiger partial charge in [-0.05, 0) is 29.8 Å². The van der Waals surface area contributed by atoms with Gasteiger partial charge in [0.1, 0.15) is 18.1 Å². The standard InChI is InChI=1S/C19H20N4O2/c1-13(2)19-21-16-8-3-4-9-17(16)23(19)12-18(25)22-20-11-14-6-5-7-15(24)10-14/h3-11,13,24H,12H2,1-2H3,(H,22,25)/b20-11+. The Balaban J connectivity index is 1.75. The number of para-hydroxylation sites is 2. The fourth-order valence-corrected chi connectivity index (χ4v) is 2.66. The lowest BCUT2D eigenvalue weighted by Gasteiger charge is -2.10. The summed E-state index contributed by atoms with van der Waals surface area (Å²) in [7, 11) is 0. The summed E-state index contributed by atoms with van der Waals surface area (Å²) in [6, 6.07) is 14.4. The van der Waals surface area contributed by atoms with Gasteiger partial charge >= 0.3 is 0 Å². The second kappa shape index (κ2) is 7.17. The van der Waals surface area contributed by atoms with E-state index in [-0.39, 0.29) is 24.1 Å². The van der Waals surface area contributed by atoms with Gasteiger partial charge in [-0.2, -0.15) is 5.10 Å². The number of benzene rings is 2. The lowest BCUT2D eigenvalue weighted by Crippen LogP contribution is -2.24. The molecule has 0 aliphatic heterocycles. The molecule has 0 saturated heterocycles. The van der Waals surface area contributed by atoms with E-state index in [0.29, 0.717) is 5.56 Å². The number of phenols is 1. The van der Waals surface area contributed by atoms with Crippen LogP contribution in [-0.4, -0.2) is 26.8 Å². The van der Waals surface area contributed by atoms with Crippen molar-refractivity contribution >= 4 is 23.2 Å².